The van der Waals surface area contributed by atoms with Gasteiger partial charge in [-0.1, -0.05) is 12.1 Å². The van der Waals surface area contributed by atoms with Crippen molar-refractivity contribution in [2.45, 2.75) is 4.90 Å². The summed E-state index contributed by atoms with van der Waals surface area (Å²) in [5.74, 6) is -2.10. The van der Waals surface area contributed by atoms with Crippen LogP contribution in [0.5, 0.6) is 5.75 Å². The number of fused-ring (bicyclic) bond motifs is 1. The summed E-state index contributed by atoms with van der Waals surface area (Å²) in [5.41, 5.74) is -0.0729. The number of hydrogen-bond acceptors (Lipinski definition) is 5. The highest BCUT2D eigenvalue weighted by atomic mass is 32.2. The van der Waals surface area contributed by atoms with E-state index in [-0.39, 0.29) is 16.3 Å². The van der Waals surface area contributed by atoms with Crippen molar-refractivity contribution in [2.24, 2.45) is 0 Å². The van der Waals surface area contributed by atoms with Crippen LogP contribution in [0.4, 0.5) is 20.2 Å². The molecule has 4 rings (SSSR count). The average Bonchev–Trinajstić information content (AvgIpc) is 2.84. The van der Waals surface area contributed by atoms with Crippen molar-refractivity contribution in [2.75, 3.05) is 23.3 Å². The Hall–Kier alpha value is -4.05. The van der Waals surface area contributed by atoms with Gasteiger partial charge in [0, 0.05) is 29.2 Å². The second-order valence-corrected chi connectivity index (χ2v) is 9.07. The van der Waals surface area contributed by atoms with Crippen LogP contribution >= 0.6 is 0 Å². The van der Waals surface area contributed by atoms with Gasteiger partial charge in [-0.15, -0.1) is 0 Å². The van der Waals surface area contributed by atoms with Gasteiger partial charge in [0.1, 0.15) is 23.9 Å². The molecule has 0 unspecified atom stereocenters. The van der Waals surface area contributed by atoms with Crippen molar-refractivity contribution >= 4 is 38.1 Å². The first-order valence-corrected chi connectivity index (χ1v) is 11.5. The van der Waals surface area contributed by atoms with Crippen LogP contribution in [0.15, 0.2) is 84.0 Å². The first kappa shape index (κ1) is 23.1. The van der Waals surface area contributed by atoms with Crippen LogP contribution in [0.25, 0.3) is 10.8 Å². The number of halogens is 2. The molecule has 0 spiro atoms. The molecule has 1 aromatic heterocycles. The number of benzene rings is 3. The van der Waals surface area contributed by atoms with Crippen LogP contribution in [0, 0.1) is 11.6 Å². The Kier molecular flexibility index (Phi) is 6.42. The van der Waals surface area contributed by atoms with Gasteiger partial charge in [0.15, 0.2) is 0 Å². The lowest BCUT2D eigenvalue weighted by Gasteiger charge is -2.25. The number of rotatable bonds is 7. The fourth-order valence-electron chi connectivity index (χ4n) is 3.41. The Bertz CT molecular complexity index is 1460. The maximum absolute atomic E-state index is 14.0. The molecule has 0 bridgehead atoms. The summed E-state index contributed by atoms with van der Waals surface area (Å²) in [7, 11) is -2.78. The number of carbonyl (C=O) groups is 1. The molecule has 0 aliphatic rings. The summed E-state index contributed by atoms with van der Waals surface area (Å²) in [6.45, 7) is -0.660. The molecule has 7 nitrogen and oxygen atoms in total. The lowest BCUT2D eigenvalue weighted by atomic mass is 10.2. The van der Waals surface area contributed by atoms with Crippen molar-refractivity contribution in [1.82, 2.24) is 4.98 Å². The molecule has 10 heteroatoms. The Morgan fingerprint density at radius 1 is 1.06 bits per heavy atom. The topological polar surface area (TPSA) is 88.6 Å². The summed E-state index contributed by atoms with van der Waals surface area (Å²) in [4.78, 5) is 16.8. The van der Waals surface area contributed by atoms with E-state index in [0.29, 0.717) is 22.6 Å². The van der Waals surface area contributed by atoms with Gasteiger partial charge in [0.25, 0.3) is 10.0 Å². The monoisotopic (exact) mass is 483 g/mol. The van der Waals surface area contributed by atoms with E-state index in [1.54, 1.807) is 30.3 Å². The lowest BCUT2D eigenvalue weighted by Crippen LogP contribution is -2.38. The van der Waals surface area contributed by atoms with Crippen LogP contribution in [0.1, 0.15) is 0 Å². The number of methoxy groups -OCH3 is 1. The predicted molar refractivity (Wildman–Crippen MR) is 124 cm³/mol. The quantitative estimate of drug-likeness (QED) is 0.422. The van der Waals surface area contributed by atoms with Crippen LogP contribution in [0.2, 0.25) is 0 Å². The highest BCUT2D eigenvalue weighted by Gasteiger charge is 2.29. The Morgan fingerprint density at radius 3 is 2.53 bits per heavy atom. The van der Waals surface area contributed by atoms with Crippen LogP contribution in [-0.2, 0) is 14.8 Å². The molecular weight excluding hydrogens is 464 g/mol. The number of ether oxygens (including phenoxy) is 1. The van der Waals surface area contributed by atoms with E-state index in [0.717, 1.165) is 16.4 Å². The third-order valence-electron chi connectivity index (χ3n) is 5.06. The molecule has 0 fully saturated rings. The molecule has 0 aliphatic heterocycles. The molecule has 0 aliphatic carbocycles. The molecule has 4 aromatic rings. The van der Waals surface area contributed by atoms with Gasteiger partial charge in [0.05, 0.1) is 23.4 Å². The molecule has 34 heavy (non-hydrogen) atoms. The van der Waals surface area contributed by atoms with Crippen molar-refractivity contribution in [3.63, 3.8) is 0 Å². The van der Waals surface area contributed by atoms with Crippen LogP contribution in [0.3, 0.4) is 0 Å². The minimum Gasteiger partial charge on any atom is -0.497 e. The number of carbonyl (C=O) groups excluding carboxylic acids is 1. The molecule has 0 atom stereocenters. The lowest BCUT2D eigenvalue weighted by molar-refractivity contribution is -0.114. The molecule has 0 saturated heterocycles. The standard InChI is InChI=1S/C24H19F2N3O4S/c1-33-19-8-6-18(7-9-19)29(15-24(30)28-22-10-5-17(25)13-21(22)26)34(31,32)23-4-2-3-16-14-27-12-11-20(16)23/h2-14H,15H2,1H3,(H,28,30). The zero-order valence-corrected chi connectivity index (χ0v) is 18.7. The third kappa shape index (κ3) is 4.67. The Balaban J connectivity index is 1.75. The molecule has 1 heterocycles. The average molecular weight is 483 g/mol. The smallest absolute Gasteiger partial charge is 0.265 e. The van der Waals surface area contributed by atoms with Gasteiger partial charge in [0.2, 0.25) is 5.91 Å². The van der Waals surface area contributed by atoms with Gasteiger partial charge in [-0.3, -0.25) is 14.1 Å². The maximum atomic E-state index is 14.0. The maximum Gasteiger partial charge on any atom is 0.265 e. The predicted octanol–water partition coefficient (Wildman–Crippen LogP) is 4.36. The second-order valence-electron chi connectivity index (χ2n) is 7.24. The van der Waals surface area contributed by atoms with Crippen molar-refractivity contribution < 1.29 is 26.7 Å². The van der Waals surface area contributed by atoms with Crippen molar-refractivity contribution in [3.05, 3.63) is 90.8 Å². The summed E-state index contributed by atoms with van der Waals surface area (Å²) >= 11 is 0. The number of aromatic nitrogens is 1. The number of sulfonamides is 1. The molecule has 1 N–H and O–H groups in total. The summed E-state index contributed by atoms with van der Waals surface area (Å²) in [6.07, 6.45) is 3.01. The zero-order chi connectivity index (χ0) is 24.3. The minimum atomic E-state index is -4.25. The van der Waals surface area contributed by atoms with E-state index in [9.17, 15) is 22.0 Å². The number of nitrogens with one attached hydrogen (secondary N) is 1. The molecule has 3 aromatic carbocycles. The summed E-state index contributed by atoms with van der Waals surface area (Å²) in [5, 5.41) is 3.34. The molecule has 174 valence electrons. The molecule has 0 radical (unpaired) electrons. The van der Waals surface area contributed by atoms with Gasteiger partial charge in [-0.05, 0) is 48.5 Å². The normalized spacial score (nSPS) is 11.3. The Labute approximate surface area is 194 Å². The van der Waals surface area contributed by atoms with E-state index in [4.69, 9.17) is 4.74 Å². The highest BCUT2D eigenvalue weighted by molar-refractivity contribution is 7.93. The van der Waals surface area contributed by atoms with Crippen LogP contribution in [-0.4, -0.2) is 33.0 Å². The fraction of sp³-hybridized carbons (Fsp3) is 0.0833. The van der Waals surface area contributed by atoms with Crippen molar-refractivity contribution in [3.8, 4) is 5.75 Å². The number of anilines is 2. The van der Waals surface area contributed by atoms with Gasteiger partial charge < -0.3 is 10.1 Å². The van der Waals surface area contributed by atoms with Crippen molar-refractivity contribution in [1.29, 1.82) is 0 Å². The zero-order valence-electron chi connectivity index (χ0n) is 17.9. The number of amides is 1. The van der Waals surface area contributed by atoms with Gasteiger partial charge >= 0.3 is 0 Å². The van der Waals surface area contributed by atoms with E-state index in [2.05, 4.69) is 10.3 Å². The molecule has 0 saturated carbocycles. The fourth-order valence-corrected chi connectivity index (χ4v) is 5.05. The third-order valence-corrected chi connectivity index (χ3v) is 6.89. The largest absolute Gasteiger partial charge is 0.497 e. The summed E-state index contributed by atoms with van der Waals surface area (Å²) in [6, 6.07) is 15.1. The number of nitrogens with zero attached hydrogens (tertiary/aromatic N) is 2. The summed E-state index contributed by atoms with van der Waals surface area (Å²) < 4.78 is 60.8. The van der Waals surface area contributed by atoms with Gasteiger partial charge in [-0.2, -0.15) is 0 Å². The number of pyridine rings is 1. The SMILES string of the molecule is COc1ccc(N(CC(=O)Nc2ccc(F)cc2F)S(=O)(=O)c2cccc3cnccc23)cc1. The number of hydrogen-bond donors (Lipinski definition) is 1. The first-order valence-electron chi connectivity index (χ1n) is 10.0. The van der Waals surface area contributed by atoms with E-state index in [1.807, 2.05) is 0 Å². The van der Waals surface area contributed by atoms with E-state index in [1.165, 1.54) is 37.7 Å². The minimum absolute atomic E-state index is 0.0241. The van der Waals surface area contributed by atoms with Gasteiger partial charge in [-0.25, -0.2) is 17.2 Å². The highest BCUT2D eigenvalue weighted by Crippen LogP contribution is 2.30. The Morgan fingerprint density at radius 2 is 1.82 bits per heavy atom. The van der Waals surface area contributed by atoms with E-state index >= 15 is 0 Å². The molecular formula is C24H19F2N3O4S. The van der Waals surface area contributed by atoms with Crippen LogP contribution < -0.4 is 14.4 Å². The van der Waals surface area contributed by atoms with E-state index < -0.39 is 34.1 Å². The first-order chi connectivity index (χ1) is 16.3. The molecule has 1 amide bonds. The second kappa shape index (κ2) is 9.44.